The summed E-state index contributed by atoms with van der Waals surface area (Å²) in [5.74, 6) is -0.125. The van der Waals surface area contributed by atoms with Gasteiger partial charge in [0, 0.05) is 18.5 Å². The molecule has 1 N–H and O–H groups in total. The van der Waals surface area contributed by atoms with Crippen LogP contribution in [0.25, 0.3) is 6.08 Å². The predicted octanol–water partition coefficient (Wildman–Crippen LogP) is 2.42. The fourth-order valence-electron chi connectivity index (χ4n) is 2.34. The molecule has 21 heavy (non-hydrogen) atoms. The molecule has 0 spiro atoms. The zero-order valence-corrected chi connectivity index (χ0v) is 12.6. The molecule has 1 fully saturated rings. The van der Waals surface area contributed by atoms with Gasteiger partial charge in [-0.2, -0.15) is 0 Å². The van der Waals surface area contributed by atoms with E-state index in [-0.39, 0.29) is 23.9 Å². The second-order valence-electron chi connectivity index (χ2n) is 5.60. The molecule has 1 atom stereocenters. The second-order valence-corrected chi connectivity index (χ2v) is 5.60. The first kappa shape index (κ1) is 15.3. The van der Waals surface area contributed by atoms with Gasteiger partial charge in [0.05, 0.1) is 0 Å². The van der Waals surface area contributed by atoms with Gasteiger partial charge in [0.25, 0.3) is 0 Å². The summed E-state index contributed by atoms with van der Waals surface area (Å²) in [5, 5.41) is 2.94. The third-order valence-electron chi connectivity index (χ3n) is 3.59. The highest BCUT2D eigenvalue weighted by Crippen LogP contribution is 2.16. The molecule has 0 saturated carbocycles. The number of rotatable bonds is 4. The first-order chi connectivity index (χ1) is 10.1. The van der Waals surface area contributed by atoms with E-state index in [0.717, 1.165) is 18.4 Å². The minimum absolute atomic E-state index is 0.00765. The van der Waals surface area contributed by atoms with Gasteiger partial charge in [-0.1, -0.05) is 44.2 Å². The molecular formula is C17H22N2O2. The minimum Gasteiger partial charge on any atom is -0.336 e. The van der Waals surface area contributed by atoms with E-state index in [4.69, 9.17) is 0 Å². The molecule has 1 aliphatic rings. The Hall–Kier alpha value is -2.10. The van der Waals surface area contributed by atoms with Crippen LogP contribution in [0, 0.1) is 5.92 Å². The highest BCUT2D eigenvalue weighted by atomic mass is 16.2. The molecular weight excluding hydrogens is 264 g/mol. The summed E-state index contributed by atoms with van der Waals surface area (Å²) < 4.78 is 0. The maximum absolute atomic E-state index is 12.3. The zero-order chi connectivity index (χ0) is 15.2. The van der Waals surface area contributed by atoms with Crippen LogP contribution in [0.5, 0.6) is 0 Å². The SMILES string of the molecule is CC(C)C(=O)NC1CCCN1C(=O)/C=C/c1ccccc1. The third kappa shape index (κ3) is 4.18. The maximum atomic E-state index is 12.3. The predicted molar refractivity (Wildman–Crippen MR) is 83.2 cm³/mol. The average Bonchev–Trinajstić information content (AvgIpc) is 2.94. The quantitative estimate of drug-likeness (QED) is 0.864. The lowest BCUT2D eigenvalue weighted by molar-refractivity contribution is -0.130. The minimum atomic E-state index is -0.173. The first-order valence-corrected chi connectivity index (χ1v) is 7.42. The molecule has 1 aliphatic heterocycles. The molecule has 1 unspecified atom stereocenters. The van der Waals surface area contributed by atoms with Crippen LogP contribution < -0.4 is 5.32 Å². The van der Waals surface area contributed by atoms with Crippen LogP contribution in [0.15, 0.2) is 36.4 Å². The highest BCUT2D eigenvalue weighted by Gasteiger charge is 2.29. The summed E-state index contributed by atoms with van der Waals surface area (Å²) in [6, 6.07) is 9.71. The topological polar surface area (TPSA) is 49.4 Å². The summed E-state index contributed by atoms with van der Waals surface area (Å²) in [7, 11) is 0. The number of nitrogens with zero attached hydrogens (tertiary/aromatic N) is 1. The fraction of sp³-hybridized carbons (Fsp3) is 0.412. The number of hydrogen-bond acceptors (Lipinski definition) is 2. The number of amides is 2. The Bertz CT molecular complexity index is 523. The highest BCUT2D eigenvalue weighted by molar-refractivity contribution is 5.92. The van der Waals surface area contributed by atoms with Gasteiger partial charge < -0.3 is 10.2 Å². The molecule has 0 bridgehead atoms. The smallest absolute Gasteiger partial charge is 0.248 e. The van der Waals surface area contributed by atoms with E-state index in [1.165, 1.54) is 0 Å². The van der Waals surface area contributed by atoms with E-state index in [2.05, 4.69) is 5.32 Å². The van der Waals surface area contributed by atoms with Crippen molar-refractivity contribution in [1.82, 2.24) is 10.2 Å². The van der Waals surface area contributed by atoms with Gasteiger partial charge in [-0.05, 0) is 24.5 Å². The van der Waals surface area contributed by atoms with E-state index in [1.54, 1.807) is 11.0 Å². The van der Waals surface area contributed by atoms with Crippen LogP contribution in [0.4, 0.5) is 0 Å². The van der Waals surface area contributed by atoms with Gasteiger partial charge in [-0.3, -0.25) is 9.59 Å². The van der Waals surface area contributed by atoms with Crippen molar-refractivity contribution < 1.29 is 9.59 Å². The zero-order valence-electron chi connectivity index (χ0n) is 12.6. The summed E-state index contributed by atoms with van der Waals surface area (Å²) in [6.45, 7) is 4.40. The van der Waals surface area contributed by atoms with Crippen LogP contribution in [0.2, 0.25) is 0 Å². The molecule has 1 saturated heterocycles. The van der Waals surface area contributed by atoms with Crippen molar-refractivity contribution >= 4 is 17.9 Å². The van der Waals surface area contributed by atoms with Gasteiger partial charge in [0.15, 0.2) is 0 Å². The van der Waals surface area contributed by atoms with Crippen molar-refractivity contribution in [2.45, 2.75) is 32.9 Å². The molecule has 0 aromatic heterocycles. The van der Waals surface area contributed by atoms with E-state index < -0.39 is 0 Å². The maximum Gasteiger partial charge on any atom is 0.248 e. The molecule has 2 amide bonds. The standard InChI is InChI=1S/C17H22N2O2/c1-13(2)17(21)18-15-9-6-12-19(15)16(20)11-10-14-7-4-3-5-8-14/h3-5,7-8,10-11,13,15H,6,9,12H2,1-2H3,(H,18,21)/b11-10+. The van der Waals surface area contributed by atoms with Gasteiger partial charge in [-0.15, -0.1) is 0 Å². The van der Waals surface area contributed by atoms with E-state index >= 15 is 0 Å². The van der Waals surface area contributed by atoms with E-state index in [9.17, 15) is 9.59 Å². The van der Waals surface area contributed by atoms with Crippen molar-refractivity contribution in [3.05, 3.63) is 42.0 Å². The lowest BCUT2D eigenvalue weighted by Gasteiger charge is -2.25. The first-order valence-electron chi connectivity index (χ1n) is 7.42. The van der Waals surface area contributed by atoms with Crippen molar-refractivity contribution in [3.8, 4) is 0 Å². The Balaban J connectivity index is 1.97. The summed E-state index contributed by atoms with van der Waals surface area (Å²) in [4.78, 5) is 25.8. The van der Waals surface area contributed by atoms with Gasteiger partial charge in [0.1, 0.15) is 6.17 Å². The molecule has 4 heteroatoms. The summed E-state index contributed by atoms with van der Waals surface area (Å²) >= 11 is 0. The van der Waals surface area contributed by atoms with Crippen LogP contribution in [0.1, 0.15) is 32.3 Å². The Kier molecular flexibility index (Phi) is 5.14. The van der Waals surface area contributed by atoms with Gasteiger partial charge in [0.2, 0.25) is 11.8 Å². The second kappa shape index (κ2) is 7.07. The monoisotopic (exact) mass is 286 g/mol. The van der Waals surface area contributed by atoms with Crippen LogP contribution in [-0.4, -0.2) is 29.4 Å². The normalized spacial score (nSPS) is 18.4. The largest absolute Gasteiger partial charge is 0.336 e. The number of hydrogen-bond donors (Lipinski definition) is 1. The van der Waals surface area contributed by atoms with Gasteiger partial charge in [-0.25, -0.2) is 0 Å². The van der Waals surface area contributed by atoms with Crippen LogP contribution in [0.3, 0.4) is 0 Å². The summed E-state index contributed by atoms with van der Waals surface area (Å²) in [6.07, 6.45) is 4.96. The van der Waals surface area contributed by atoms with Crippen LogP contribution >= 0.6 is 0 Å². The van der Waals surface area contributed by atoms with Crippen molar-refractivity contribution in [1.29, 1.82) is 0 Å². The molecule has 0 radical (unpaired) electrons. The average molecular weight is 286 g/mol. The Morgan fingerprint density at radius 1 is 1.29 bits per heavy atom. The lowest BCUT2D eigenvalue weighted by atomic mass is 10.2. The van der Waals surface area contributed by atoms with Crippen molar-refractivity contribution in [2.24, 2.45) is 5.92 Å². The van der Waals surface area contributed by atoms with E-state index in [0.29, 0.717) is 6.54 Å². The number of benzene rings is 1. The molecule has 1 heterocycles. The number of carbonyl (C=O) groups excluding carboxylic acids is 2. The molecule has 4 nitrogen and oxygen atoms in total. The van der Waals surface area contributed by atoms with Crippen LogP contribution in [-0.2, 0) is 9.59 Å². The molecule has 1 aromatic carbocycles. The lowest BCUT2D eigenvalue weighted by Crippen LogP contribution is -2.47. The number of likely N-dealkylation sites (tertiary alicyclic amines) is 1. The number of nitrogens with one attached hydrogen (secondary N) is 1. The van der Waals surface area contributed by atoms with Crippen molar-refractivity contribution in [2.75, 3.05) is 6.54 Å². The Labute approximate surface area is 125 Å². The Morgan fingerprint density at radius 3 is 2.67 bits per heavy atom. The molecule has 1 aromatic rings. The van der Waals surface area contributed by atoms with Crippen molar-refractivity contribution in [3.63, 3.8) is 0 Å². The van der Waals surface area contributed by atoms with E-state index in [1.807, 2.05) is 50.3 Å². The van der Waals surface area contributed by atoms with Gasteiger partial charge >= 0.3 is 0 Å². The number of carbonyl (C=O) groups is 2. The Morgan fingerprint density at radius 2 is 2.00 bits per heavy atom. The molecule has 2 rings (SSSR count). The summed E-state index contributed by atoms with van der Waals surface area (Å²) in [5.41, 5.74) is 0.993. The molecule has 112 valence electrons. The third-order valence-corrected chi connectivity index (χ3v) is 3.59. The molecule has 0 aliphatic carbocycles. The fourth-order valence-corrected chi connectivity index (χ4v) is 2.34.